The van der Waals surface area contributed by atoms with Gasteiger partial charge in [0.15, 0.2) is 9.84 Å². The number of para-hydroxylation sites is 1. The summed E-state index contributed by atoms with van der Waals surface area (Å²) in [4.78, 5) is 17.7. The lowest BCUT2D eigenvalue weighted by Crippen LogP contribution is -2.14. The Morgan fingerprint density at radius 3 is 2.46 bits per heavy atom. The Morgan fingerprint density at radius 1 is 1.04 bits per heavy atom. The third-order valence-electron chi connectivity index (χ3n) is 4.09. The molecule has 1 aromatic heterocycles. The zero-order valence-corrected chi connectivity index (χ0v) is 15.7. The van der Waals surface area contributed by atoms with Crippen LogP contribution in [0.1, 0.15) is 35.8 Å². The number of nitrogens with one attached hydrogen (secondary N) is 1. The van der Waals surface area contributed by atoms with Gasteiger partial charge in [0.25, 0.3) is 5.91 Å². The third-order valence-corrected chi connectivity index (χ3v) is 5.20. The Morgan fingerprint density at radius 2 is 1.77 bits per heavy atom. The van der Waals surface area contributed by atoms with Gasteiger partial charge in [0.2, 0.25) is 0 Å². The largest absolute Gasteiger partial charge is 0.322 e. The predicted molar refractivity (Wildman–Crippen MR) is 103 cm³/mol. The highest BCUT2D eigenvalue weighted by atomic mass is 32.2. The van der Waals surface area contributed by atoms with E-state index in [-0.39, 0.29) is 16.7 Å². The fraction of sp³-hybridized carbons (Fsp3) is 0.200. The summed E-state index contributed by atoms with van der Waals surface area (Å²) < 4.78 is 23.4. The standard InChI is InChI=1S/C20H20N2O3S/c1-13(2)19-12-17(16-9-4-5-10-18(16)22-19)20(23)21-14-7-6-8-15(11-14)26(3,24)25/h4-13H,1-3H3,(H,21,23). The van der Waals surface area contributed by atoms with Gasteiger partial charge < -0.3 is 5.32 Å². The molecule has 1 amide bonds. The summed E-state index contributed by atoms with van der Waals surface area (Å²) in [6, 6.07) is 15.5. The molecule has 0 bridgehead atoms. The van der Waals surface area contributed by atoms with E-state index < -0.39 is 9.84 Å². The zero-order valence-electron chi connectivity index (χ0n) is 14.9. The van der Waals surface area contributed by atoms with Gasteiger partial charge in [-0.25, -0.2) is 8.42 Å². The maximum Gasteiger partial charge on any atom is 0.256 e. The lowest BCUT2D eigenvalue weighted by Gasteiger charge is -2.12. The van der Waals surface area contributed by atoms with Gasteiger partial charge in [-0.05, 0) is 36.2 Å². The van der Waals surface area contributed by atoms with Gasteiger partial charge in [-0.2, -0.15) is 0 Å². The van der Waals surface area contributed by atoms with Crippen molar-refractivity contribution >= 4 is 32.3 Å². The number of sulfone groups is 1. The van der Waals surface area contributed by atoms with Crippen molar-refractivity contribution in [3.63, 3.8) is 0 Å². The third kappa shape index (κ3) is 3.75. The van der Waals surface area contributed by atoms with Crippen LogP contribution in [-0.4, -0.2) is 25.6 Å². The molecule has 0 unspecified atom stereocenters. The van der Waals surface area contributed by atoms with Gasteiger partial charge in [-0.15, -0.1) is 0 Å². The van der Waals surface area contributed by atoms with Crippen molar-refractivity contribution in [2.75, 3.05) is 11.6 Å². The van der Waals surface area contributed by atoms with Gasteiger partial charge in [-0.3, -0.25) is 9.78 Å². The Bertz CT molecular complexity index is 1090. The first kappa shape index (κ1) is 18.1. The van der Waals surface area contributed by atoms with E-state index in [1.807, 2.05) is 38.1 Å². The molecule has 0 spiro atoms. The topological polar surface area (TPSA) is 76.1 Å². The number of amides is 1. The van der Waals surface area contributed by atoms with E-state index in [2.05, 4.69) is 10.3 Å². The molecule has 5 nitrogen and oxygen atoms in total. The van der Waals surface area contributed by atoms with Crippen LogP contribution in [0.2, 0.25) is 0 Å². The van der Waals surface area contributed by atoms with E-state index in [1.165, 1.54) is 12.1 Å². The number of hydrogen-bond donors (Lipinski definition) is 1. The Hall–Kier alpha value is -2.73. The maximum absolute atomic E-state index is 12.9. The van der Waals surface area contributed by atoms with Gasteiger partial charge in [0.1, 0.15) is 0 Å². The number of carbonyl (C=O) groups excluding carboxylic acids is 1. The average Bonchev–Trinajstić information content (AvgIpc) is 2.60. The molecule has 1 N–H and O–H groups in total. The molecule has 3 rings (SSSR count). The SMILES string of the molecule is CC(C)c1cc(C(=O)Nc2cccc(S(C)(=O)=O)c2)c2ccccc2n1. The molecule has 0 atom stereocenters. The molecule has 0 fully saturated rings. The fourth-order valence-corrected chi connectivity index (χ4v) is 3.35. The number of rotatable bonds is 4. The second-order valence-corrected chi connectivity index (χ2v) is 8.54. The number of anilines is 1. The minimum Gasteiger partial charge on any atom is -0.322 e. The normalized spacial score (nSPS) is 11.7. The molecule has 6 heteroatoms. The number of pyridine rings is 1. The lowest BCUT2D eigenvalue weighted by atomic mass is 10.0. The minimum absolute atomic E-state index is 0.165. The Labute approximate surface area is 153 Å². The quantitative estimate of drug-likeness (QED) is 0.755. The second-order valence-electron chi connectivity index (χ2n) is 6.52. The number of hydrogen-bond acceptors (Lipinski definition) is 4. The van der Waals surface area contributed by atoms with E-state index in [4.69, 9.17) is 0 Å². The monoisotopic (exact) mass is 368 g/mol. The molecule has 0 saturated heterocycles. The molecule has 2 aromatic carbocycles. The fourth-order valence-electron chi connectivity index (χ4n) is 2.68. The molecule has 26 heavy (non-hydrogen) atoms. The molecule has 3 aromatic rings. The van der Waals surface area contributed by atoms with Crippen LogP contribution in [0.5, 0.6) is 0 Å². The summed E-state index contributed by atoms with van der Waals surface area (Å²) >= 11 is 0. The van der Waals surface area contributed by atoms with Crippen LogP contribution in [0.4, 0.5) is 5.69 Å². The van der Waals surface area contributed by atoms with Crippen LogP contribution in [0.3, 0.4) is 0 Å². The van der Waals surface area contributed by atoms with Crippen molar-refractivity contribution in [3.05, 3.63) is 65.9 Å². The van der Waals surface area contributed by atoms with Crippen molar-refractivity contribution in [3.8, 4) is 0 Å². The van der Waals surface area contributed by atoms with E-state index in [9.17, 15) is 13.2 Å². The van der Waals surface area contributed by atoms with Crippen LogP contribution in [0.15, 0.2) is 59.5 Å². The van der Waals surface area contributed by atoms with E-state index >= 15 is 0 Å². The summed E-state index contributed by atoms with van der Waals surface area (Å²) in [5.74, 6) is -0.115. The first-order valence-corrected chi connectivity index (χ1v) is 10.2. The molecule has 0 aliphatic heterocycles. The molecular formula is C20H20N2O3S. The Kier molecular flexibility index (Phi) is 4.78. The van der Waals surface area contributed by atoms with Gasteiger partial charge >= 0.3 is 0 Å². The number of carbonyl (C=O) groups is 1. The van der Waals surface area contributed by atoms with E-state index in [0.717, 1.165) is 22.9 Å². The van der Waals surface area contributed by atoms with E-state index in [0.29, 0.717) is 11.3 Å². The Balaban J connectivity index is 2.03. The summed E-state index contributed by atoms with van der Waals surface area (Å²) in [5, 5.41) is 3.56. The van der Waals surface area contributed by atoms with Gasteiger partial charge in [-0.1, -0.05) is 38.1 Å². The number of fused-ring (bicyclic) bond motifs is 1. The van der Waals surface area contributed by atoms with E-state index in [1.54, 1.807) is 18.2 Å². The molecule has 1 heterocycles. The van der Waals surface area contributed by atoms with Crippen molar-refractivity contribution in [1.29, 1.82) is 0 Å². The number of aromatic nitrogens is 1. The van der Waals surface area contributed by atoms with Crippen molar-refractivity contribution in [2.24, 2.45) is 0 Å². The van der Waals surface area contributed by atoms with Crippen molar-refractivity contribution in [2.45, 2.75) is 24.7 Å². The average molecular weight is 368 g/mol. The van der Waals surface area contributed by atoms with Crippen LogP contribution in [0, 0.1) is 0 Å². The summed E-state index contributed by atoms with van der Waals surface area (Å²) in [5.41, 5.74) is 2.54. The lowest BCUT2D eigenvalue weighted by molar-refractivity contribution is 0.102. The van der Waals surface area contributed by atoms with Crippen LogP contribution in [0.25, 0.3) is 10.9 Å². The summed E-state index contributed by atoms with van der Waals surface area (Å²) in [6.07, 6.45) is 1.14. The highest BCUT2D eigenvalue weighted by molar-refractivity contribution is 7.90. The highest BCUT2D eigenvalue weighted by Crippen LogP contribution is 2.24. The smallest absolute Gasteiger partial charge is 0.256 e. The summed E-state index contributed by atoms with van der Waals surface area (Å²) in [6.45, 7) is 4.04. The maximum atomic E-state index is 12.9. The zero-order chi connectivity index (χ0) is 18.9. The van der Waals surface area contributed by atoms with Crippen LogP contribution >= 0.6 is 0 Å². The molecule has 0 aliphatic rings. The summed E-state index contributed by atoms with van der Waals surface area (Å²) in [7, 11) is -3.34. The molecule has 134 valence electrons. The molecular weight excluding hydrogens is 348 g/mol. The minimum atomic E-state index is -3.34. The first-order chi connectivity index (χ1) is 12.3. The number of benzene rings is 2. The van der Waals surface area contributed by atoms with Crippen molar-refractivity contribution in [1.82, 2.24) is 4.98 Å². The first-order valence-electron chi connectivity index (χ1n) is 8.27. The predicted octanol–water partition coefficient (Wildman–Crippen LogP) is 4.01. The molecule has 0 aliphatic carbocycles. The number of nitrogens with zero attached hydrogens (tertiary/aromatic N) is 1. The van der Waals surface area contributed by atoms with Gasteiger partial charge in [0.05, 0.1) is 16.0 Å². The highest BCUT2D eigenvalue weighted by Gasteiger charge is 2.15. The molecule has 0 radical (unpaired) electrons. The van der Waals surface area contributed by atoms with Crippen LogP contribution in [-0.2, 0) is 9.84 Å². The van der Waals surface area contributed by atoms with Gasteiger partial charge in [0, 0.05) is 23.0 Å². The van der Waals surface area contributed by atoms with Crippen LogP contribution < -0.4 is 5.32 Å². The van der Waals surface area contributed by atoms with Crippen molar-refractivity contribution < 1.29 is 13.2 Å². The second kappa shape index (κ2) is 6.88. The molecule has 0 saturated carbocycles.